The zero-order valence-corrected chi connectivity index (χ0v) is 18.5. The third kappa shape index (κ3) is 4.74. The fraction of sp³-hybridized carbons (Fsp3) is 0.348. The lowest BCUT2D eigenvalue weighted by Crippen LogP contribution is -2.27. The number of amides is 1. The number of para-hydroxylation sites is 1. The number of rotatable bonds is 7. The molecule has 0 aliphatic carbocycles. The van der Waals surface area contributed by atoms with Gasteiger partial charge >= 0.3 is 0 Å². The van der Waals surface area contributed by atoms with Crippen LogP contribution in [0.4, 0.5) is 5.69 Å². The molecule has 2 aromatic carbocycles. The highest BCUT2D eigenvalue weighted by atomic mass is 32.2. The molecule has 7 heteroatoms. The lowest BCUT2D eigenvalue weighted by Gasteiger charge is -2.18. The lowest BCUT2D eigenvalue weighted by molar-refractivity contribution is -0.115. The minimum atomic E-state index is -0.460. The van der Waals surface area contributed by atoms with E-state index in [1.54, 1.807) is 29.7 Å². The average Bonchev–Trinajstić information content (AvgIpc) is 2.70. The summed E-state index contributed by atoms with van der Waals surface area (Å²) in [5.74, 6) is -0.147. The minimum Gasteiger partial charge on any atom is -0.396 e. The molecule has 0 saturated heterocycles. The van der Waals surface area contributed by atoms with E-state index in [1.165, 1.54) is 11.8 Å². The van der Waals surface area contributed by atoms with Gasteiger partial charge in [-0.3, -0.25) is 14.2 Å². The molecule has 1 atom stereocenters. The first-order valence-electron chi connectivity index (χ1n) is 9.97. The quantitative estimate of drug-likeness (QED) is 0.444. The summed E-state index contributed by atoms with van der Waals surface area (Å²) in [5, 5.41) is 12.8. The van der Waals surface area contributed by atoms with Gasteiger partial charge in [-0.05, 0) is 57.4 Å². The molecule has 0 fully saturated rings. The summed E-state index contributed by atoms with van der Waals surface area (Å²) < 4.78 is 1.55. The summed E-state index contributed by atoms with van der Waals surface area (Å²) in [6, 6.07) is 11.3. The number of anilines is 1. The van der Waals surface area contributed by atoms with Crippen molar-refractivity contribution >= 4 is 34.3 Å². The van der Waals surface area contributed by atoms with Crippen LogP contribution in [0.5, 0.6) is 0 Å². The monoisotopic (exact) mass is 425 g/mol. The van der Waals surface area contributed by atoms with E-state index in [-0.39, 0.29) is 18.1 Å². The molecular formula is C23H27N3O3S. The number of aromatic nitrogens is 2. The maximum Gasteiger partial charge on any atom is 0.262 e. The number of fused-ring (bicyclic) bond motifs is 1. The van der Waals surface area contributed by atoms with Gasteiger partial charge in [0.1, 0.15) is 0 Å². The normalized spacial score (nSPS) is 12.2. The van der Waals surface area contributed by atoms with Crippen LogP contribution in [0.25, 0.3) is 10.9 Å². The number of carbonyl (C=O) groups is 1. The first-order valence-corrected chi connectivity index (χ1v) is 10.9. The van der Waals surface area contributed by atoms with E-state index < -0.39 is 5.25 Å². The van der Waals surface area contributed by atoms with Crippen LogP contribution in [-0.2, 0) is 11.3 Å². The third-order valence-corrected chi connectivity index (χ3v) is 6.03. The number of aliphatic hydroxyl groups is 1. The maximum absolute atomic E-state index is 12.9. The molecule has 0 bridgehead atoms. The fourth-order valence-electron chi connectivity index (χ4n) is 3.48. The lowest BCUT2D eigenvalue weighted by atomic mass is 10.1. The molecule has 0 radical (unpaired) electrons. The Balaban J connectivity index is 1.89. The van der Waals surface area contributed by atoms with E-state index >= 15 is 0 Å². The summed E-state index contributed by atoms with van der Waals surface area (Å²) >= 11 is 1.25. The number of nitrogens with one attached hydrogen (secondary N) is 1. The van der Waals surface area contributed by atoms with Crippen LogP contribution in [-0.4, -0.2) is 32.4 Å². The van der Waals surface area contributed by atoms with Gasteiger partial charge in [-0.1, -0.05) is 41.6 Å². The zero-order valence-electron chi connectivity index (χ0n) is 17.7. The van der Waals surface area contributed by atoms with Crippen LogP contribution in [0.3, 0.4) is 0 Å². The Morgan fingerprint density at radius 3 is 2.53 bits per heavy atom. The standard InChI is InChI=1S/C23H27N3O3S/c1-14-12-15(2)20(16(3)13-14)25-21(28)17(4)30-23-24-19-9-6-5-8-18(19)22(29)26(23)10-7-11-27/h5-6,8-9,12-13,17,27H,7,10-11H2,1-4H3,(H,25,28). The van der Waals surface area contributed by atoms with Crippen molar-refractivity contribution < 1.29 is 9.90 Å². The smallest absolute Gasteiger partial charge is 0.262 e. The van der Waals surface area contributed by atoms with Crippen LogP contribution >= 0.6 is 11.8 Å². The molecule has 158 valence electrons. The Morgan fingerprint density at radius 1 is 1.20 bits per heavy atom. The molecule has 0 aliphatic rings. The maximum atomic E-state index is 12.9. The summed E-state index contributed by atoms with van der Waals surface area (Å²) in [7, 11) is 0. The number of thioether (sulfide) groups is 1. The van der Waals surface area contributed by atoms with Gasteiger partial charge in [0.25, 0.3) is 5.56 Å². The van der Waals surface area contributed by atoms with Crippen molar-refractivity contribution in [1.82, 2.24) is 9.55 Å². The second-order valence-corrected chi connectivity index (χ2v) is 8.78. The van der Waals surface area contributed by atoms with Gasteiger partial charge in [-0.15, -0.1) is 0 Å². The topological polar surface area (TPSA) is 84.2 Å². The second-order valence-electron chi connectivity index (χ2n) is 7.47. The third-order valence-electron chi connectivity index (χ3n) is 4.94. The molecule has 1 aromatic heterocycles. The van der Waals surface area contributed by atoms with Crippen LogP contribution in [0.15, 0.2) is 46.3 Å². The first-order chi connectivity index (χ1) is 14.3. The number of aliphatic hydroxyl groups excluding tert-OH is 1. The number of carbonyl (C=O) groups excluding carboxylic acids is 1. The van der Waals surface area contributed by atoms with E-state index in [2.05, 4.69) is 10.3 Å². The Labute approximate surface area is 180 Å². The predicted molar refractivity (Wildman–Crippen MR) is 122 cm³/mol. The van der Waals surface area contributed by atoms with Crippen molar-refractivity contribution in [2.75, 3.05) is 11.9 Å². The van der Waals surface area contributed by atoms with Gasteiger partial charge < -0.3 is 10.4 Å². The summed E-state index contributed by atoms with van der Waals surface area (Å²) in [6.07, 6.45) is 0.440. The van der Waals surface area contributed by atoms with Gasteiger partial charge in [0.05, 0.1) is 16.2 Å². The van der Waals surface area contributed by atoms with Crippen LogP contribution < -0.4 is 10.9 Å². The van der Waals surface area contributed by atoms with Crippen LogP contribution in [0.2, 0.25) is 0 Å². The largest absolute Gasteiger partial charge is 0.396 e. The number of aryl methyl sites for hydroxylation is 3. The molecule has 0 aliphatic heterocycles. The first kappa shape index (κ1) is 22.1. The fourth-order valence-corrected chi connectivity index (χ4v) is 4.41. The Bertz CT molecular complexity index is 1120. The Hall–Kier alpha value is -2.64. The molecule has 6 nitrogen and oxygen atoms in total. The van der Waals surface area contributed by atoms with Gasteiger partial charge in [-0.25, -0.2) is 4.98 Å². The molecule has 3 aromatic rings. The summed E-state index contributed by atoms with van der Waals surface area (Å²) in [5.41, 5.74) is 4.45. The molecule has 1 unspecified atom stereocenters. The minimum absolute atomic E-state index is 0.0224. The second kappa shape index (κ2) is 9.45. The molecule has 30 heavy (non-hydrogen) atoms. The van der Waals surface area contributed by atoms with Crippen molar-refractivity contribution in [2.24, 2.45) is 0 Å². The number of hydrogen-bond acceptors (Lipinski definition) is 5. The molecular weight excluding hydrogens is 398 g/mol. The highest BCUT2D eigenvalue weighted by molar-refractivity contribution is 8.00. The zero-order chi connectivity index (χ0) is 21.8. The molecule has 0 spiro atoms. The molecule has 1 heterocycles. The molecule has 2 N–H and O–H groups in total. The predicted octanol–water partition coefficient (Wildman–Crippen LogP) is 3.82. The van der Waals surface area contributed by atoms with E-state index in [1.807, 2.05) is 39.0 Å². The van der Waals surface area contributed by atoms with Gasteiger partial charge in [0.15, 0.2) is 5.16 Å². The van der Waals surface area contributed by atoms with Crippen LogP contribution in [0.1, 0.15) is 30.0 Å². The van der Waals surface area contributed by atoms with Gasteiger partial charge in [0, 0.05) is 18.8 Å². The summed E-state index contributed by atoms with van der Waals surface area (Å²) in [6.45, 7) is 8.11. The molecule has 0 saturated carbocycles. The molecule has 3 rings (SSSR count). The van der Waals surface area contributed by atoms with Crippen LogP contribution in [0, 0.1) is 20.8 Å². The van der Waals surface area contributed by atoms with Gasteiger partial charge in [0.2, 0.25) is 5.91 Å². The number of benzene rings is 2. The van der Waals surface area contributed by atoms with E-state index in [0.29, 0.717) is 29.0 Å². The van der Waals surface area contributed by atoms with Crippen molar-refractivity contribution in [3.63, 3.8) is 0 Å². The summed E-state index contributed by atoms with van der Waals surface area (Å²) in [4.78, 5) is 30.5. The van der Waals surface area contributed by atoms with Gasteiger partial charge in [-0.2, -0.15) is 0 Å². The van der Waals surface area contributed by atoms with Crippen molar-refractivity contribution in [3.05, 3.63) is 63.4 Å². The van der Waals surface area contributed by atoms with Crippen molar-refractivity contribution in [3.8, 4) is 0 Å². The highest BCUT2D eigenvalue weighted by Gasteiger charge is 2.20. The Kier molecular flexibility index (Phi) is 6.95. The van der Waals surface area contributed by atoms with Crippen molar-refractivity contribution in [2.45, 2.75) is 51.1 Å². The van der Waals surface area contributed by atoms with Crippen molar-refractivity contribution in [1.29, 1.82) is 0 Å². The average molecular weight is 426 g/mol. The van der Waals surface area contributed by atoms with E-state index in [9.17, 15) is 14.7 Å². The SMILES string of the molecule is Cc1cc(C)c(NC(=O)C(C)Sc2nc3ccccc3c(=O)n2CCCO)c(C)c1. The number of hydrogen-bond donors (Lipinski definition) is 2. The van der Waals surface area contributed by atoms with E-state index in [4.69, 9.17) is 0 Å². The number of nitrogens with zero attached hydrogens (tertiary/aromatic N) is 2. The van der Waals surface area contributed by atoms with E-state index in [0.717, 1.165) is 22.4 Å². The highest BCUT2D eigenvalue weighted by Crippen LogP contribution is 2.26. The molecule has 1 amide bonds. The Morgan fingerprint density at radius 2 is 1.87 bits per heavy atom.